The smallest absolute Gasteiger partial charge is 0.338 e. The van der Waals surface area contributed by atoms with Crippen LogP contribution in [0, 0.1) is 11.3 Å². The number of nitrogens with one attached hydrogen (secondary N) is 1. The highest BCUT2D eigenvalue weighted by Crippen LogP contribution is 2.25. The van der Waals surface area contributed by atoms with E-state index in [1.54, 1.807) is 24.5 Å². The molecule has 2 aromatic heterocycles. The van der Waals surface area contributed by atoms with Gasteiger partial charge in [-0.2, -0.15) is 10.4 Å². The van der Waals surface area contributed by atoms with Crippen LogP contribution in [0.15, 0.2) is 36.8 Å². The van der Waals surface area contributed by atoms with Crippen molar-refractivity contribution in [2.45, 2.75) is 5.33 Å². The molecule has 0 spiro atoms. The molecule has 1 N–H and O–H groups in total. The molecule has 2 heterocycles. The maximum atomic E-state index is 12.6. The first-order chi connectivity index (χ1) is 12.6. The number of nitrogens with zero attached hydrogens (tertiary/aromatic N) is 4. The number of nitriles is 1. The Morgan fingerprint density at radius 2 is 2.19 bits per heavy atom. The van der Waals surface area contributed by atoms with Gasteiger partial charge in [0.2, 0.25) is 0 Å². The van der Waals surface area contributed by atoms with E-state index in [4.69, 9.17) is 4.74 Å². The third-order valence-electron chi connectivity index (χ3n) is 3.69. The first-order valence-corrected chi connectivity index (χ1v) is 8.52. The lowest BCUT2D eigenvalue weighted by Crippen LogP contribution is -2.14. The van der Waals surface area contributed by atoms with Gasteiger partial charge in [0.1, 0.15) is 11.6 Å². The van der Waals surface area contributed by atoms with Gasteiger partial charge in [0.25, 0.3) is 5.91 Å². The minimum absolute atomic E-state index is 0.146. The molecule has 9 heteroatoms. The number of carbonyl (C=O) groups excluding carboxylic acids is 2. The molecule has 0 aliphatic carbocycles. The normalized spacial score (nSPS) is 10.3. The Kier molecular flexibility index (Phi) is 4.95. The molecule has 0 fully saturated rings. The number of halogens is 1. The van der Waals surface area contributed by atoms with E-state index < -0.39 is 11.9 Å². The Morgan fingerprint density at radius 3 is 2.88 bits per heavy atom. The Labute approximate surface area is 156 Å². The van der Waals surface area contributed by atoms with Crippen LogP contribution in [0.3, 0.4) is 0 Å². The van der Waals surface area contributed by atoms with Gasteiger partial charge in [-0.1, -0.05) is 15.9 Å². The highest BCUT2D eigenvalue weighted by Gasteiger charge is 2.19. The number of methoxy groups -OCH3 is 1. The molecule has 0 saturated heterocycles. The van der Waals surface area contributed by atoms with Crippen LogP contribution in [0.25, 0.3) is 5.65 Å². The maximum Gasteiger partial charge on any atom is 0.338 e. The number of hydrogen-bond donors (Lipinski definition) is 1. The van der Waals surface area contributed by atoms with Gasteiger partial charge in [-0.3, -0.25) is 4.79 Å². The van der Waals surface area contributed by atoms with Crippen LogP contribution < -0.4 is 5.32 Å². The fourth-order valence-corrected chi connectivity index (χ4v) is 2.89. The minimum Gasteiger partial charge on any atom is -0.465 e. The number of benzene rings is 1. The number of rotatable bonds is 4. The van der Waals surface area contributed by atoms with Gasteiger partial charge in [-0.05, 0) is 23.8 Å². The molecular formula is C17H12BrN5O3. The van der Waals surface area contributed by atoms with Crippen LogP contribution in [0.2, 0.25) is 0 Å². The van der Waals surface area contributed by atoms with Crippen molar-refractivity contribution in [2.75, 3.05) is 12.4 Å². The summed E-state index contributed by atoms with van der Waals surface area (Å²) in [4.78, 5) is 28.6. The molecule has 0 aliphatic heterocycles. The topological polar surface area (TPSA) is 109 Å². The Bertz CT molecular complexity index is 1050. The van der Waals surface area contributed by atoms with Crippen molar-refractivity contribution < 1.29 is 14.3 Å². The summed E-state index contributed by atoms with van der Waals surface area (Å²) in [6.45, 7) is 0. The average molecular weight is 414 g/mol. The molecule has 0 aliphatic rings. The van der Waals surface area contributed by atoms with E-state index in [1.165, 1.54) is 23.9 Å². The number of amides is 1. The Hall–Kier alpha value is -3.25. The average Bonchev–Trinajstić information content (AvgIpc) is 3.11. The summed E-state index contributed by atoms with van der Waals surface area (Å²) < 4.78 is 6.21. The zero-order chi connectivity index (χ0) is 18.7. The van der Waals surface area contributed by atoms with E-state index in [0.29, 0.717) is 16.5 Å². The summed E-state index contributed by atoms with van der Waals surface area (Å²) in [5, 5.41) is 16.5. The third-order valence-corrected chi connectivity index (χ3v) is 4.29. The SMILES string of the molecule is COC(=O)c1cc(C#N)c(NC(=O)c2cnn3cccnc23)cc1CBr. The van der Waals surface area contributed by atoms with Crippen molar-refractivity contribution in [1.29, 1.82) is 5.26 Å². The zero-order valence-corrected chi connectivity index (χ0v) is 15.1. The quantitative estimate of drug-likeness (QED) is 0.519. The second-order valence-corrected chi connectivity index (χ2v) is 5.75. The number of alkyl halides is 1. The largest absolute Gasteiger partial charge is 0.465 e. The number of esters is 1. The molecule has 3 aromatic rings. The first kappa shape index (κ1) is 17.6. The minimum atomic E-state index is -0.555. The van der Waals surface area contributed by atoms with Crippen LogP contribution in [0.5, 0.6) is 0 Å². The number of carbonyl (C=O) groups is 2. The molecule has 0 saturated carbocycles. The summed E-state index contributed by atoms with van der Waals surface area (Å²) in [6, 6.07) is 6.64. The zero-order valence-electron chi connectivity index (χ0n) is 13.6. The van der Waals surface area contributed by atoms with Crippen molar-refractivity contribution in [3.63, 3.8) is 0 Å². The van der Waals surface area contributed by atoms with Gasteiger partial charge in [0, 0.05) is 17.7 Å². The second-order valence-electron chi connectivity index (χ2n) is 5.19. The van der Waals surface area contributed by atoms with Crippen molar-refractivity contribution in [1.82, 2.24) is 14.6 Å². The number of aromatic nitrogens is 3. The number of hydrogen-bond acceptors (Lipinski definition) is 6. The lowest BCUT2D eigenvalue weighted by molar-refractivity contribution is 0.0599. The van der Waals surface area contributed by atoms with Gasteiger partial charge in [-0.15, -0.1) is 0 Å². The Balaban J connectivity index is 2.00. The molecule has 26 heavy (non-hydrogen) atoms. The van der Waals surface area contributed by atoms with Gasteiger partial charge < -0.3 is 10.1 Å². The predicted octanol–water partition coefficient (Wildman–Crippen LogP) is 2.53. The highest BCUT2D eigenvalue weighted by molar-refractivity contribution is 9.08. The van der Waals surface area contributed by atoms with Gasteiger partial charge >= 0.3 is 5.97 Å². The molecule has 8 nitrogen and oxygen atoms in total. The molecule has 3 rings (SSSR count). The molecule has 1 amide bonds. The van der Waals surface area contributed by atoms with Crippen molar-refractivity contribution in [3.8, 4) is 6.07 Å². The lowest BCUT2D eigenvalue weighted by atomic mass is 10.0. The predicted molar refractivity (Wildman–Crippen MR) is 96.1 cm³/mol. The summed E-state index contributed by atoms with van der Waals surface area (Å²) in [7, 11) is 1.26. The lowest BCUT2D eigenvalue weighted by Gasteiger charge is -2.11. The van der Waals surface area contributed by atoms with Crippen molar-refractivity contribution >= 4 is 39.1 Å². The molecule has 0 bridgehead atoms. The van der Waals surface area contributed by atoms with E-state index >= 15 is 0 Å². The fourth-order valence-electron chi connectivity index (χ4n) is 2.43. The monoisotopic (exact) mass is 413 g/mol. The van der Waals surface area contributed by atoms with Crippen LogP contribution in [-0.4, -0.2) is 33.6 Å². The molecule has 1 aromatic carbocycles. The second kappa shape index (κ2) is 7.33. The van der Waals surface area contributed by atoms with Crippen LogP contribution in [0.1, 0.15) is 31.8 Å². The van der Waals surface area contributed by atoms with Crippen LogP contribution in [-0.2, 0) is 10.1 Å². The number of ether oxygens (including phenoxy) is 1. The van der Waals surface area contributed by atoms with Gasteiger partial charge in [0.05, 0.1) is 30.1 Å². The maximum absolute atomic E-state index is 12.6. The summed E-state index contributed by atoms with van der Waals surface area (Å²) in [6.07, 6.45) is 4.63. The van der Waals surface area contributed by atoms with E-state index in [9.17, 15) is 14.9 Å². The van der Waals surface area contributed by atoms with Gasteiger partial charge in [0.15, 0.2) is 5.65 Å². The number of fused-ring (bicyclic) bond motifs is 1. The Morgan fingerprint density at radius 1 is 1.38 bits per heavy atom. The molecule has 130 valence electrons. The number of anilines is 1. The standard InChI is InChI=1S/C17H12BrN5O3/c1-26-17(25)12-5-11(8-19)14(6-10(12)7-18)22-16(24)13-9-21-23-4-2-3-20-15(13)23/h2-6,9H,7H2,1H3,(H,22,24). The summed E-state index contributed by atoms with van der Waals surface area (Å²) >= 11 is 3.30. The van der Waals surface area contributed by atoms with Crippen molar-refractivity contribution in [3.05, 3.63) is 59.0 Å². The third kappa shape index (κ3) is 3.14. The molecule has 0 unspecified atom stereocenters. The summed E-state index contributed by atoms with van der Waals surface area (Å²) in [5.74, 6) is -1.01. The first-order valence-electron chi connectivity index (χ1n) is 7.40. The van der Waals surface area contributed by atoms with E-state index in [0.717, 1.165) is 0 Å². The molecular weight excluding hydrogens is 402 g/mol. The van der Waals surface area contributed by atoms with Crippen LogP contribution in [0.4, 0.5) is 5.69 Å². The van der Waals surface area contributed by atoms with Crippen LogP contribution >= 0.6 is 15.9 Å². The fraction of sp³-hybridized carbons (Fsp3) is 0.118. The van der Waals surface area contributed by atoms with E-state index in [2.05, 4.69) is 31.3 Å². The van der Waals surface area contributed by atoms with E-state index in [-0.39, 0.29) is 22.4 Å². The molecule has 0 radical (unpaired) electrons. The molecule has 0 atom stereocenters. The van der Waals surface area contributed by atoms with Gasteiger partial charge in [-0.25, -0.2) is 14.3 Å². The van der Waals surface area contributed by atoms with Crippen molar-refractivity contribution in [2.24, 2.45) is 0 Å². The van der Waals surface area contributed by atoms with E-state index in [1.807, 2.05) is 6.07 Å². The highest BCUT2D eigenvalue weighted by atomic mass is 79.9. The summed E-state index contributed by atoms with van der Waals surface area (Å²) in [5.41, 5.74) is 1.95.